The lowest BCUT2D eigenvalue weighted by atomic mass is 9.94. The number of aliphatic hydroxyl groups is 1. The van der Waals surface area contributed by atoms with E-state index in [4.69, 9.17) is 0 Å². The van der Waals surface area contributed by atoms with Crippen LogP contribution in [0.4, 0.5) is 16.2 Å². The van der Waals surface area contributed by atoms with Crippen molar-refractivity contribution in [3.63, 3.8) is 0 Å². The molecular weight excluding hydrogens is 434 g/mol. The Bertz CT molecular complexity index is 1060. The van der Waals surface area contributed by atoms with Gasteiger partial charge in [0.05, 0.1) is 5.69 Å². The first-order chi connectivity index (χ1) is 14.0. The molecule has 1 heterocycles. The number of carbonyl (C=O) groups excluding carboxylic acids is 2. The summed E-state index contributed by atoms with van der Waals surface area (Å²) in [6.45, 7) is 0.218. The highest BCUT2D eigenvalue weighted by molar-refractivity contribution is 9.10. The Morgan fingerprint density at radius 1 is 1.03 bits per heavy atom. The molecule has 0 aromatic heterocycles. The van der Waals surface area contributed by atoms with Crippen LogP contribution in [0.25, 0.3) is 0 Å². The lowest BCUT2D eigenvalue weighted by molar-refractivity contribution is -0.140. The SMILES string of the molecule is O=C1Nc2ccc(Br)cc2[C@@](O)(C(=O)NCc2ccccc2)N1c1ccccc1. The van der Waals surface area contributed by atoms with E-state index in [0.29, 0.717) is 15.8 Å². The standard InChI is InChI=1S/C22H18BrN3O3/c23-16-11-12-19-18(13-16)22(29,20(27)24-14-15-7-3-1-4-8-15)26(21(28)25-19)17-9-5-2-6-10-17/h1-13,29H,14H2,(H,24,27)(H,25,28)/t22-/m1/s1. The summed E-state index contributed by atoms with van der Waals surface area (Å²) in [6, 6.07) is 22.4. The van der Waals surface area contributed by atoms with Gasteiger partial charge in [0.2, 0.25) is 0 Å². The zero-order chi connectivity index (χ0) is 20.4. The van der Waals surface area contributed by atoms with Crippen molar-refractivity contribution in [3.8, 4) is 0 Å². The van der Waals surface area contributed by atoms with Gasteiger partial charge in [0.1, 0.15) is 0 Å². The van der Waals surface area contributed by atoms with Crippen molar-refractivity contribution in [1.82, 2.24) is 5.32 Å². The molecule has 0 aliphatic carbocycles. The van der Waals surface area contributed by atoms with Crippen LogP contribution in [0.5, 0.6) is 0 Å². The molecule has 0 unspecified atom stereocenters. The summed E-state index contributed by atoms with van der Waals surface area (Å²) in [6.07, 6.45) is 0. The van der Waals surface area contributed by atoms with Crippen LogP contribution < -0.4 is 15.5 Å². The Balaban J connectivity index is 1.79. The van der Waals surface area contributed by atoms with Gasteiger partial charge in [-0.15, -0.1) is 0 Å². The number of nitrogens with zero attached hydrogens (tertiary/aromatic N) is 1. The maximum atomic E-state index is 13.3. The third kappa shape index (κ3) is 3.50. The van der Waals surface area contributed by atoms with Crippen molar-refractivity contribution < 1.29 is 14.7 Å². The fourth-order valence-corrected chi connectivity index (χ4v) is 3.72. The van der Waals surface area contributed by atoms with Gasteiger partial charge < -0.3 is 15.7 Å². The Hall–Kier alpha value is -3.16. The van der Waals surface area contributed by atoms with Crippen LogP contribution >= 0.6 is 15.9 Å². The van der Waals surface area contributed by atoms with Crippen molar-refractivity contribution in [1.29, 1.82) is 0 Å². The molecule has 1 atom stereocenters. The average Bonchev–Trinajstić information content (AvgIpc) is 2.74. The van der Waals surface area contributed by atoms with E-state index in [9.17, 15) is 14.7 Å². The predicted octanol–water partition coefficient (Wildman–Crippen LogP) is 3.96. The molecule has 4 rings (SSSR count). The number of carbonyl (C=O) groups is 2. The van der Waals surface area contributed by atoms with Gasteiger partial charge in [-0.1, -0.05) is 64.5 Å². The highest BCUT2D eigenvalue weighted by Gasteiger charge is 2.52. The van der Waals surface area contributed by atoms with Crippen LogP contribution in [0.2, 0.25) is 0 Å². The number of rotatable bonds is 4. The number of amides is 3. The van der Waals surface area contributed by atoms with Crippen LogP contribution in [-0.2, 0) is 17.1 Å². The van der Waals surface area contributed by atoms with Crippen molar-refractivity contribution in [2.24, 2.45) is 0 Å². The number of para-hydroxylation sites is 1. The fraction of sp³-hybridized carbons (Fsp3) is 0.0909. The average molecular weight is 452 g/mol. The molecule has 1 aliphatic rings. The molecule has 3 aromatic carbocycles. The molecule has 3 amide bonds. The predicted molar refractivity (Wildman–Crippen MR) is 114 cm³/mol. The van der Waals surface area contributed by atoms with Crippen molar-refractivity contribution in [3.05, 3.63) is 94.5 Å². The van der Waals surface area contributed by atoms with Gasteiger partial charge in [-0.2, -0.15) is 0 Å². The van der Waals surface area contributed by atoms with E-state index in [1.165, 1.54) is 0 Å². The Labute approximate surface area is 176 Å². The number of urea groups is 1. The number of fused-ring (bicyclic) bond motifs is 1. The van der Waals surface area contributed by atoms with Crippen LogP contribution in [0.1, 0.15) is 11.1 Å². The van der Waals surface area contributed by atoms with Crippen LogP contribution in [0.15, 0.2) is 83.3 Å². The Morgan fingerprint density at radius 3 is 2.38 bits per heavy atom. The topological polar surface area (TPSA) is 81.7 Å². The number of benzene rings is 3. The number of anilines is 2. The minimum absolute atomic E-state index is 0.218. The number of hydrogen-bond acceptors (Lipinski definition) is 3. The molecule has 3 N–H and O–H groups in total. The minimum atomic E-state index is -2.22. The maximum Gasteiger partial charge on any atom is 0.329 e. The summed E-state index contributed by atoms with van der Waals surface area (Å²) in [4.78, 5) is 27.3. The van der Waals surface area contributed by atoms with E-state index >= 15 is 0 Å². The summed E-state index contributed by atoms with van der Waals surface area (Å²) in [5.41, 5.74) is -0.292. The molecule has 29 heavy (non-hydrogen) atoms. The van der Waals surface area contributed by atoms with E-state index in [2.05, 4.69) is 26.6 Å². The summed E-state index contributed by atoms with van der Waals surface area (Å²) in [7, 11) is 0. The van der Waals surface area contributed by atoms with Crippen LogP contribution in [0, 0.1) is 0 Å². The van der Waals surface area contributed by atoms with Crippen molar-refractivity contribution in [2.75, 3.05) is 10.2 Å². The van der Waals surface area contributed by atoms with Crippen molar-refractivity contribution >= 4 is 39.2 Å². The third-order valence-corrected chi connectivity index (χ3v) is 5.25. The molecule has 6 nitrogen and oxygen atoms in total. The molecule has 3 aromatic rings. The van der Waals surface area contributed by atoms with E-state index in [1.54, 1.807) is 48.5 Å². The van der Waals surface area contributed by atoms with E-state index in [1.807, 2.05) is 30.3 Å². The highest BCUT2D eigenvalue weighted by atomic mass is 79.9. The number of nitrogens with one attached hydrogen (secondary N) is 2. The van der Waals surface area contributed by atoms with Gasteiger partial charge in [-0.05, 0) is 35.9 Å². The number of hydrogen-bond donors (Lipinski definition) is 3. The summed E-state index contributed by atoms with van der Waals surface area (Å²) in [5.74, 6) is -0.695. The number of halogens is 1. The lowest BCUT2D eigenvalue weighted by Gasteiger charge is -2.42. The largest absolute Gasteiger partial charge is 0.359 e. The Kier molecular flexibility index (Phi) is 5.08. The van der Waals surface area contributed by atoms with E-state index < -0.39 is 17.7 Å². The van der Waals surface area contributed by atoms with Gasteiger partial charge in [-0.3, -0.25) is 9.69 Å². The van der Waals surface area contributed by atoms with Gasteiger partial charge in [0.25, 0.3) is 11.6 Å². The van der Waals surface area contributed by atoms with E-state index in [-0.39, 0.29) is 12.1 Å². The lowest BCUT2D eigenvalue weighted by Crippen LogP contribution is -2.62. The minimum Gasteiger partial charge on any atom is -0.359 e. The van der Waals surface area contributed by atoms with Crippen molar-refractivity contribution in [2.45, 2.75) is 12.3 Å². The summed E-state index contributed by atoms with van der Waals surface area (Å²) in [5, 5.41) is 17.2. The zero-order valence-electron chi connectivity index (χ0n) is 15.3. The molecule has 0 saturated heterocycles. The molecule has 1 aliphatic heterocycles. The third-order valence-electron chi connectivity index (χ3n) is 4.75. The monoisotopic (exact) mass is 451 g/mol. The first-order valence-corrected chi connectivity index (χ1v) is 9.80. The molecule has 0 spiro atoms. The molecule has 0 fully saturated rings. The molecular formula is C22H18BrN3O3. The summed E-state index contributed by atoms with van der Waals surface area (Å²) < 4.78 is 0.676. The van der Waals surface area contributed by atoms with E-state index in [0.717, 1.165) is 10.5 Å². The van der Waals surface area contributed by atoms with Gasteiger partial charge in [0, 0.05) is 22.3 Å². The second kappa shape index (κ2) is 7.69. The maximum absolute atomic E-state index is 13.3. The van der Waals surface area contributed by atoms with Gasteiger partial charge in [0.15, 0.2) is 0 Å². The molecule has 7 heteroatoms. The fourth-order valence-electron chi connectivity index (χ4n) is 3.36. The quantitative estimate of drug-likeness (QED) is 0.561. The molecule has 0 radical (unpaired) electrons. The highest BCUT2D eigenvalue weighted by Crippen LogP contribution is 2.40. The normalized spacial score (nSPS) is 18.0. The second-order valence-electron chi connectivity index (χ2n) is 6.63. The summed E-state index contributed by atoms with van der Waals surface area (Å²) >= 11 is 3.38. The van der Waals surface area contributed by atoms with Gasteiger partial charge >= 0.3 is 6.03 Å². The second-order valence-corrected chi connectivity index (χ2v) is 7.55. The molecule has 0 saturated carbocycles. The van der Waals surface area contributed by atoms with Crippen LogP contribution in [0.3, 0.4) is 0 Å². The smallest absolute Gasteiger partial charge is 0.329 e. The first kappa shape index (κ1) is 19.2. The van der Waals surface area contributed by atoms with Gasteiger partial charge in [-0.25, -0.2) is 4.79 Å². The van der Waals surface area contributed by atoms with Crippen LogP contribution in [-0.4, -0.2) is 17.0 Å². The first-order valence-electron chi connectivity index (χ1n) is 9.01. The zero-order valence-corrected chi connectivity index (χ0v) is 16.9. The molecule has 146 valence electrons. The Morgan fingerprint density at radius 2 is 1.69 bits per heavy atom. The molecule has 0 bridgehead atoms.